The van der Waals surface area contributed by atoms with Crippen LogP contribution >= 0.6 is 0 Å². The van der Waals surface area contributed by atoms with Crippen LogP contribution in [0.2, 0.25) is 0 Å². The van der Waals surface area contributed by atoms with Gasteiger partial charge in [0.1, 0.15) is 6.33 Å². The number of ether oxygens (including phenoxy) is 1. The van der Waals surface area contributed by atoms with E-state index in [2.05, 4.69) is 254 Å². The summed E-state index contributed by atoms with van der Waals surface area (Å²) >= 11 is 2.47. The van der Waals surface area contributed by atoms with Gasteiger partial charge in [0.15, 0.2) is 0 Å². The van der Waals surface area contributed by atoms with Gasteiger partial charge in [-0.2, -0.15) is 0 Å². The molecule has 8 nitrogen and oxygen atoms in total. The predicted molar refractivity (Wildman–Crippen MR) is 288 cm³/mol. The Morgan fingerprint density at radius 1 is 0.397 bits per heavy atom. The Kier molecular flexibility index (Phi) is 10.3. The maximum atomic E-state index is 6.80. The average molecular weight is 1120 g/mol. The van der Waals surface area contributed by atoms with Crippen molar-refractivity contribution in [3.05, 3.63) is 253 Å². The molecule has 0 unspecified atom stereocenters. The summed E-state index contributed by atoms with van der Waals surface area (Å²) in [7, 11) is 0. The Balaban J connectivity index is 0.907. The summed E-state index contributed by atoms with van der Waals surface area (Å²) in [5.74, 6) is 1.85. The van der Waals surface area contributed by atoms with Crippen LogP contribution in [-0.4, -0.2) is 33.2 Å². The summed E-state index contributed by atoms with van der Waals surface area (Å²) in [6, 6.07) is 81.6. The molecule has 0 spiro atoms. The van der Waals surface area contributed by atoms with E-state index in [1.807, 2.05) is 36.8 Å². The molecule has 0 saturated carbocycles. The van der Waals surface area contributed by atoms with E-state index in [9.17, 15) is 0 Å². The van der Waals surface area contributed by atoms with Crippen molar-refractivity contribution < 1.29 is 24.1 Å². The molecule has 0 fully saturated rings. The van der Waals surface area contributed by atoms with Crippen LogP contribution in [0.3, 0.4) is 0 Å². The summed E-state index contributed by atoms with van der Waals surface area (Å²) in [5.41, 5.74) is 15.4. The number of aromatic nitrogens is 7. The van der Waals surface area contributed by atoms with Crippen molar-refractivity contribution >= 4 is 54.6 Å². The van der Waals surface area contributed by atoms with Gasteiger partial charge in [-0.05, 0) is 12.1 Å². The summed E-state index contributed by atoms with van der Waals surface area (Å²) in [5, 5.41) is 4.46. The van der Waals surface area contributed by atoms with Crippen molar-refractivity contribution in [2.24, 2.45) is 0 Å². The molecule has 0 saturated heterocycles. The van der Waals surface area contributed by atoms with Gasteiger partial charge in [0.2, 0.25) is 0 Å². The first-order valence-corrected chi connectivity index (χ1v) is 25.1. The number of para-hydroxylation sites is 6. The van der Waals surface area contributed by atoms with Crippen molar-refractivity contribution in [2.75, 3.05) is 0 Å². The van der Waals surface area contributed by atoms with Crippen LogP contribution in [0.1, 0.15) is 0 Å². The molecule has 14 aromatic rings. The van der Waals surface area contributed by atoms with Crippen molar-refractivity contribution in [1.29, 1.82) is 0 Å². The van der Waals surface area contributed by atoms with E-state index in [4.69, 9.17) is 9.72 Å². The van der Waals surface area contributed by atoms with Crippen LogP contribution in [-0.2, 0) is 19.4 Å². The van der Waals surface area contributed by atoms with Crippen LogP contribution in [0.15, 0.2) is 237 Å². The fourth-order valence-electron chi connectivity index (χ4n) is 10.5. The fourth-order valence-corrected chi connectivity index (χ4v) is 11.6. The van der Waals surface area contributed by atoms with Crippen LogP contribution in [0.5, 0.6) is 11.5 Å². The molecule has 9 heteroatoms. The van der Waals surface area contributed by atoms with Crippen molar-refractivity contribution in [1.82, 2.24) is 33.2 Å². The number of benzene rings is 9. The molecule has 0 atom stereocenters. The Bertz CT molecular complexity index is 4390. The molecule has 0 aliphatic carbocycles. The van der Waals surface area contributed by atoms with Gasteiger partial charge in [0.05, 0.1) is 16.7 Å². The van der Waals surface area contributed by atoms with Crippen molar-refractivity contribution in [3.8, 4) is 67.8 Å². The number of fused-ring (bicyclic) bond motifs is 7. The zero-order valence-electron chi connectivity index (χ0n) is 38.9. The summed E-state index contributed by atoms with van der Waals surface area (Å²) in [4.78, 5) is 14.0. The zero-order valence-corrected chi connectivity index (χ0v) is 41.1. The van der Waals surface area contributed by atoms with Gasteiger partial charge in [-0.3, -0.25) is 0 Å². The second-order valence-corrected chi connectivity index (χ2v) is 18.8. The first kappa shape index (κ1) is 42.6. The average Bonchev–Trinajstić information content (AvgIpc) is 4.08. The number of rotatable bonds is 9. The summed E-state index contributed by atoms with van der Waals surface area (Å²) in [6.07, 6.45) is 7.18. The molecule has 348 valence electrons. The normalized spacial score (nSPS) is 11.6. The molecule has 0 N–H and O–H groups in total. The predicted octanol–water partition coefficient (Wildman–Crippen LogP) is 15.3. The van der Waals surface area contributed by atoms with E-state index in [-0.39, 0.29) is 0 Å². The Labute approximate surface area is 430 Å². The molecule has 73 heavy (non-hydrogen) atoms. The van der Waals surface area contributed by atoms with Crippen molar-refractivity contribution in [2.45, 2.75) is 0 Å². The van der Waals surface area contributed by atoms with E-state index in [0.29, 0.717) is 11.5 Å². The van der Waals surface area contributed by atoms with Crippen LogP contribution in [0.25, 0.3) is 111 Å². The molecule has 5 heterocycles. The Hall–Kier alpha value is -9.23. The SMILES string of the molecule is [Pt]=[c]1n(-c2[c-]c(Oc3[c-]c4c(cc3)c3ccccc3n4-c3cc(-n4c5ccccc5c5ccccc54)c(-c4cncnc4)cn3)ccc2)c2ccccc2n1-c1c(-c2ccccc2)cccc1-c1ccccc1. The third kappa shape index (κ3) is 7.09. The van der Waals surface area contributed by atoms with Gasteiger partial charge < -0.3 is 4.57 Å². The maximum absolute atomic E-state index is 6.80. The van der Waals surface area contributed by atoms with E-state index in [1.165, 1.54) is 10.8 Å². The first-order valence-electron chi connectivity index (χ1n) is 24.0. The quantitative estimate of drug-likeness (QED) is 0.135. The van der Waals surface area contributed by atoms with Crippen LogP contribution in [0.4, 0.5) is 0 Å². The third-order valence-corrected chi connectivity index (χ3v) is 14.7. The molecule has 0 amide bonds. The molecule has 9 aromatic carbocycles. The van der Waals surface area contributed by atoms with Gasteiger partial charge in [-0.1, -0.05) is 48.5 Å². The molecular formula is C64H39N7OPt-2. The molecular weight excluding hydrogens is 1080 g/mol. The van der Waals surface area contributed by atoms with Gasteiger partial charge in [-0.15, -0.1) is 0 Å². The number of imidazole rings is 1. The second-order valence-electron chi connectivity index (χ2n) is 17.8. The second kappa shape index (κ2) is 17.6. The van der Waals surface area contributed by atoms with Crippen LogP contribution < -0.4 is 4.74 Å². The van der Waals surface area contributed by atoms with Gasteiger partial charge in [-0.25, -0.2) is 9.97 Å². The van der Waals surface area contributed by atoms with E-state index in [1.54, 1.807) is 6.33 Å². The number of nitrogens with zero attached hydrogens (tertiary/aromatic N) is 7. The van der Waals surface area contributed by atoms with E-state index < -0.39 is 0 Å². The first-order chi connectivity index (χ1) is 36.2. The Morgan fingerprint density at radius 3 is 1.58 bits per heavy atom. The number of hydrogen-bond acceptors (Lipinski definition) is 4. The number of pyridine rings is 1. The minimum atomic E-state index is 0.553. The Morgan fingerprint density at radius 2 is 0.932 bits per heavy atom. The third-order valence-electron chi connectivity index (χ3n) is 13.7. The summed E-state index contributed by atoms with van der Waals surface area (Å²) < 4.78 is 16.9. The standard InChI is InChI=1S/C64H39N7O.Pt/c1-3-17-43(18-4-1)49-26-16-27-50(44-19-5-2-6-20-44)64(49)69-42-68(59-31-13-14-32-60(59)69)46-21-15-22-47(35-46)72-48-33-34-54-53-25-9-12-30-58(53)71(61(54)36-48)63-37-62(55(40-67-63)45-38-65-41-66-39-45)70-56-28-10-7-23-51(56)52-24-8-11-29-57(52)70;/h1-34,37-41H;/q-2;. The molecule has 14 rings (SSSR count). The molecule has 0 bridgehead atoms. The zero-order chi connectivity index (χ0) is 48.4. The van der Waals surface area contributed by atoms with Crippen LogP contribution in [0, 0.1) is 15.9 Å². The topological polar surface area (TPSA) is 67.6 Å². The molecule has 0 radical (unpaired) electrons. The van der Waals surface area contributed by atoms with Gasteiger partial charge in [0.25, 0.3) is 0 Å². The minimum absolute atomic E-state index is 0.553. The summed E-state index contributed by atoms with van der Waals surface area (Å²) in [6.45, 7) is 0. The number of hydrogen-bond donors (Lipinski definition) is 0. The molecule has 0 aliphatic heterocycles. The fraction of sp³-hybridized carbons (Fsp3) is 0. The molecule has 5 aromatic heterocycles. The van der Waals surface area contributed by atoms with E-state index in [0.717, 1.165) is 104 Å². The van der Waals surface area contributed by atoms with Crippen molar-refractivity contribution in [3.63, 3.8) is 0 Å². The van der Waals surface area contributed by atoms with Gasteiger partial charge in [0, 0.05) is 40.5 Å². The van der Waals surface area contributed by atoms with Gasteiger partial charge >= 0.3 is 294 Å². The molecule has 0 aliphatic rings. The monoisotopic (exact) mass is 1120 g/mol. The van der Waals surface area contributed by atoms with E-state index >= 15 is 0 Å².